The number of benzene rings is 2. The molecule has 0 aliphatic heterocycles. The van der Waals surface area contributed by atoms with Crippen molar-refractivity contribution in [2.24, 2.45) is 0 Å². The van der Waals surface area contributed by atoms with E-state index >= 15 is 0 Å². The minimum Gasteiger partial charge on any atom is -0.494 e. The molecule has 2 N–H and O–H groups in total. The molecule has 0 aliphatic rings. The van der Waals surface area contributed by atoms with Gasteiger partial charge in [-0.1, -0.05) is 23.8 Å². The zero-order valence-electron chi connectivity index (χ0n) is 15.9. The van der Waals surface area contributed by atoms with Crippen LogP contribution in [0.2, 0.25) is 0 Å². The summed E-state index contributed by atoms with van der Waals surface area (Å²) in [4.78, 5) is 23.9. The predicted octanol–water partition coefficient (Wildman–Crippen LogP) is 3.53. The maximum atomic E-state index is 13.6. The minimum absolute atomic E-state index is 0.134. The van der Waals surface area contributed by atoms with Crippen LogP contribution in [0.25, 0.3) is 6.08 Å². The number of rotatable bonds is 6. The first-order valence-corrected chi connectivity index (χ1v) is 8.47. The first-order chi connectivity index (χ1) is 12.8. The SMILES string of the molecule is COc1ccc(/C=C/C(=O)NCC(=O)Nc2c(C)cc(C)cc2C)cc1F. The summed E-state index contributed by atoms with van der Waals surface area (Å²) in [7, 11) is 1.38. The van der Waals surface area contributed by atoms with E-state index in [2.05, 4.69) is 10.6 Å². The number of methoxy groups -OCH3 is 1. The van der Waals surface area contributed by atoms with Crippen LogP contribution in [0.4, 0.5) is 10.1 Å². The fourth-order valence-electron chi connectivity index (χ4n) is 2.75. The van der Waals surface area contributed by atoms with Crippen molar-refractivity contribution in [3.8, 4) is 5.75 Å². The Morgan fingerprint density at radius 1 is 1.11 bits per heavy atom. The molecule has 27 heavy (non-hydrogen) atoms. The third kappa shape index (κ3) is 5.67. The minimum atomic E-state index is -0.511. The summed E-state index contributed by atoms with van der Waals surface area (Å²) in [6, 6.07) is 8.34. The van der Waals surface area contributed by atoms with E-state index in [4.69, 9.17) is 4.74 Å². The van der Waals surface area contributed by atoms with Crippen LogP contribution in [0.5, 0.6) is 5.75 Å². The molecular formula is C21H23FN2O3. The number of ether oxygens (including phenoxy) is 1. The van der Waals surface area contributed by atoms with Crippen molar-refractivity contribution < 1.29 is 18.7 Å². The van der Waals surface area contributed by atoms with Gasteiger partial charge in [0.2, 0.25) is 11.8 Å². The van der Waals surface area contributed by atoms with Crippen LogP contribution in [0.3, 0.4) is 0 Å². The van der Waals surface area contributed by atoms with Crippen LogP contribution in [-0.2, 0) is 9.59 Å². The molecule has 2 aromatic carbocycles. The third-order valence-corrected chi connectivity index (χ3v) is 3.97. The average Bonchev–Trinajstić information content (AvgIpc) is 2.61. The maximum absolute atomic E-state index is 13.6. The van der Waals surface area contributed by atoms with Crippen molar-refractivity contribution in [1.82, 2.24) is 5.32 Å². The smallest absolute Gasteiger partial charge is 0.244 e. The highest BCUT2D eigenvalue weighted by molar-refractivity contribution is 5.98. The van der Waals surface area contributed by atoms with E-state index in [9.17, 15) is 14.0 Å². The van der Waals surface area contributed by atoms with Crippen molar-refractivity contribution in [3.05, 3.63) is 64.5 Å². The van der Waals surface area contributed by atoms with Gasteiger partial charge < -0.3 is 15.4 Å². The van der Waals surface area contributed by atoms with Gasteiger partial charge in [-0.25, -0.2) is 4.39 Å². The first kappa shape index (κ1) is 20.2. The fraction of sp³-hybridized carbons (Fsp3) is 0.238. The number of halogens is 1. The van der Waals surface area contributed by atoms with Gasteiger partial charge in [0.05, 0.1) is 13.7 Å². The summed E-state index contributed by atoms with van der Waals surface area (Å²) < 4.78 is 18.5. The molecule has 2 aromatic rings. The summed E-state index contributed by atoms with van der Waals surface area (Å²) >= 11 is 0. The summed E-state index contributed by atoms with van der Waals surface area (Å²) in [5.41, 5.74) is 4.32. The number of amides is 2. The van der Waals surface area contributed by atoms with E-state index in [1.165, 1.54) is 31.4 Å². The highest BCUT2D eigenvalue weighted by Gasteiger charge is 2.09. The Morgan fingerprint density at radius 3 is 2.37 bits per heavy atom. The van der Waals surface area contributed by atoms with Gasteiger partial charge in [0, 0.05) is 11.8 Å². The molecule has 2 amide bonds. The Hall–Kier alpha value is -3.15. The number of carbonyl (C=O) groups is 2. The van der Waals surface area contributed by atoms with E-state index in [1.54, 1.807) is 6.07 Å². The number of anilines is 1. The van der Waals surface area contributed by atoms with Crippen molar-refractivity contribution in [2.45, 2.75) is 20.8 Å². The largest absolute Gasteiger partial charge is 0.494 e. The monoisotopic (exact) mass is 370 g/mol. The molecule has 0 fully saturated rings. The molecule has 0 spiro atoms. The van der Waals surface area contributed by atoms with Gasteiger partial charge in [0.15, 0.2) is 11.6 Å². The molecule has 142 valence electrons. The lowest BCUT2D eigenvalue weighted by Gasteiger charge is -2.13. The van der Waals surface area contributed by atoms with Gasteiger partial charge in [0.1, 0.15) is 0 Å². The molecule has 6 heteroatoms. The van der Waals surface area contributed by atoms with Gasteiger partial charge in [-0.05, 0) is 55.7 Å². The quantitative estimate of drug-likeness (QED) is 0.765. The zero-order chi connectivity index (χ0) is 20.0. The Bertz CT molecular complexity index is 868. The van der Waals surface area contributed by atoms with E-state index in [0.717, 1.165) is 22.4 Å². The molecule has 0 heterocycles. The van der Waals surface area contributed by atoms with Crippen LogP contribution in [-0.4, -0.2) is 25.5 Å². The second kappa shape index (κ2) is 8.98. The van der Waals surface area contributed by atoms with Crippen molar-refractivity contribution in [2.75, 3.05) is 19.0 Å². The number of nitrogens with one attached hydrogen (secondary N) is 2. The lowest BCUT2D eigenvalue weighted by molar-refractivity contribution is -0.121. The molecule has 0 aromatic heterocycles. The fourth-order valence-corrected chi connectivity index (χ4v) is 2.75. The average molecular weight is 370 g/mol. The first-order valence-electron chi connectivity index (χ1n) is 8.47. The van der Waals surface area contributed by atoms with Crippen LogP contribution in [0.1, 0.15) is 22.3 Å². The second-order valence-corrected chi connectivity index (χ2v) is 6.27. The molecule has 0 aliphatic carbocycles. The maximum Gasteiger partial charge on any atom is 0.244 e. The van der Waals surface area contributed by atoms with Gasteiger partial charge in [0.25, 0.3) is 0 Å². The van der Waals surface area contributed by atoms with Crippen molar-refractivity contribution in [3.63, 3.8) is 0 Å². The van der Waals surface area contributed by atoms with Gasteiger partial charge >= 0.3 is 0 Å². The lowest BCUT2D eigenvalue weighted by atomic mass is 10.1. The standard InChI is InChI=1S/C21H23FN2O3/c1-13-9-14(2)21(15(3)10-13)24-20(26)12-23-19(25)8-6-16-5-7-18(27-4)17(22)11-16/h5-11H,12H2,1-4H3,(H,23,25)(H,24,26)/b8-6+. The molecule has 0 bridgehead atoms. The van der Waals surface area contributed by atoms with Crippen LogP contribution >= 0.6 is 0 Å². The molecule has 0 unspecified atom stereocenters. The van der Waals surface area contributed by atoms with Crippen LogP contribution in [0, 0.1) is 26.6 Å². The third-order valence-electron chi connectivity index (χ3n) is 3.97. The Labute approximate surface area is 158 Å². The van der Waals surface area contributed by atoms with Crippen LogP contribution in [0.15, 0.2) is 36.4 Å². The van der Waals surface area contributed by atoms with E-state index < -0.39 is 11.7 Å². The summed E-state index contributed by atoms with van der Waals surface area (Å²) in [6.45, 7) is 5.68. The van der Waals surface area contributed by atoms with Crippen molar-refractivity contribution in [1.29, 1.82) is 0 Å². The molecule has 0 atom stereocenters. The molecule has 0 radical (unpaired) electrons. The Balaban J connectivity index is 1.90. The summed E-state index contributed by atoms with van der Waals surface area (Å²) in [5.74, 6) is -1.14. The topological polar surface area (TPSA) is 67.4 Å². The number of aryl methyl sites for hydroxylation is 3. The van der Waals surface area contributed by atoms with Gasteiger partial charge in [-0.2, -0.15) is 0 Å². The number of hydrogen-bond donors (Lipinski definition) is 2. The second-order valence-electron chi connectivity index (χ2n) is 6.27. The molecule has 2 rings (SSSR count). The predicted molar refractivity (Wildman–Crippen MR) is 104 cm³/mol. The van der Waals surface area contributed by atoms with E-state index in [1.807, 2.05) is 32.9 Å². The van der Waals surface area contributed by atoms with Gasteiger partial charge in [-0.15, -0.1) is 0 Å². The number of carbonyl (C=O) groups excluding carboxylic acids is 2. The Kier molecular flexibility index (Phi) is 6.71. The van der Waals surface area contributed by atoms with E-state index in [-0.39, 0.29) is 18.2 Å². The molecule has 5 nitrogen and oxygen atoms in total. The van der Waals surface area contributed by atoms with Crippen LogP contribution < -0.4 is 15.4 Å². The highest BCUT2D eigenvalue weighted by Crippen LogP contribution is 2.21. The van der Waals surface area contributed by atoms with Crippen molar-refractivity contribution >= 4 is 23.6 Å². The normalized spacial score (nSPS) is 10.7. The Morgan fingerprint density at radius 2 is 1.78 bits per heavy atom. The van der Waals surface area contributed by atoms with Gasteiger partial charge in [-0.3, -0.25) is 9.59 Å². The molecular weight excluding hydrogens is 347 g/mol. The van der Waals surface area contributed by atoms with E-state index in [0.29, 0.717) is 5.56 Å². The molecule has 0 saturated heterocycles. The molecule has 0 saturated carbocycles. The lowest BCUT2D eigenvalue weighted by Crippen LogP contribution is -2.32. The highest BCUT2D eigenvalue weighted by atomic mass is 19.1. The summed E-state index contributed by atoms with van der Waals surface area (Å²) in [5, 5.41) is 5.32. The zero-order valence-corrected chi connectivity index (χ0v) is 15.9. The number of hydrogen-bond acceptors (Lipinski definition) is 3. The summed E-state index contributed by atoms with van der Waals surface area (Å²) in [6.07, 6.45) is 2.71.